The van der Waals surface area contributed by atoms with E-state index in [1.165, 1.54) is 6.33 Å². The number of nitrogens with one attached hydrogen (secondary N) is 1. The maximum atomic E-state index is 11.4. The number of carboxylic acids is 1. The molecule has 1 aliphatic rings. The van der Waals surface area contributed by atoms with E-state index in [0.29, 0.717) is 24.1 Å². The van der Waals surface area contributed by atoms with Crippen molar-refractivity contribution in [1.29, 1.82) is 0 Å². The molecule has 0 saturated carbocycles. The molecule has 126 valence electrons. The lowest BCUT2D eigenvalue weighted by Gasteiger charge is -2.25. The van der Waals surface area contributed by atoms with E-state index in [9.17, 15) is 9.90 Å². The van der Waals surface area contributed by atoms with Crippen LogP contribution in [0.15, 0.2) is 36.3 Å². The number of benzene rings is 1. The van der Waals surface area contributed by atoms with Crippen LogP contribution in [0.25, 0.3) is 0 Å². The number of fused-ring (bicyclic) bond motifs is 1. The number of allylic oxidation sites excluding steroid dienone is 1. The number of hydrogen-bond donors (Lipinski definition) is 2. The third-order valence-corrected chi connectivity index (χ3v) is 3.64. The third-order valence-electron chi connectivity index (χ3n) is 3.64. The summed E-state index contributed by atoms with van der Waals surface area (Å²) in [6.45, 7) is 2.54. The number of methoxy groups -OCH3 is 1. The predicted molar refractivity (Wildman–Crippen MR) is 86.3 cm³/mol. The number of ether oxygens (including phenoxy) is 2. The first-order chi connectivity index (χ1) is 11.7. The molecule has 0 bridgehead atoms. The Kier molecular flexibility index (Phi) is 4.37. The van der Waals surface area contributed by atoms with E-state index in [1.807, 2.05) is 19.1 Å². The van der Waals surface area contributed by atoms with Gasteiger partial charge in [0.05, 0.1) is 13.7 Å². The maximum Gasteiger partial charge on any atom is 0.352 e. The van der Waals surface area contributed by atoms with E-state index in [-0.39, 0.29) is 5.70 Å². The first-order valence-electron chi connectivity index (χ1n) is 7.57. The second-order valence-electron chi connectivity index (χ2n) is 5.21. The highest BCUT2D eigenvalue weighted by molar-refractivity contribution is 5.90. The van der Waals surface area contributed by atoms with E-state index in [1.54, 1.807) is 23.9 Å². The minimum absolute atomic E-state index is 0.0461. The van der Waals surface area contributed by atoms with E-state index >= 15 is 0 Å². The normalized spacial score (nSPS) is 15.9. The summed E-state index contributed by atoms with van der Waals surface area (Å²) in [5.74, 6) is 0.472. The fourth-order valence-electron chi connectivity index (χ4n) is 2.57. The summed E-state index contributed by atoms with van der Waals surface area (Å²) in [5.41, 5.74) is 0.805. The van der Waals surface area contributed by atoms with Gasteiger partial charge in [-0.05, 0) is 18.6 Å². The highest BCUT2D eigenvalue weighted by Gasteiger charge is 2.28. The molecular weight excluding hydrogens is 312 g/mol. The zero-order valence-corrected chi connectivity index (χ0v) is 13.4. The number of nitrogens with zero attached hydrogens (tertiary/aromatic N) is 3. The summed E-state index contributed by atoms with van der Waals surface area (Å²) in [6, 6.07) is 5.04. The smallest absolute Gasteiger partial charge is 0.352 e. The molecule has 2 N–H and O–H groups in total. The second-order valence-corrected chi connectivity index (χ2v) is 5.21. The van der Waals surface area contributed by atoms with Gasteiger partial charge < -0.3 is 19.9 Å². The molecule has 0 unspecified atom stereocenters. The van der Waals surface area contributed by atoms with Crippen LogP contribution in [0.2, 0.25) is 0 Å². The number of rotatable bonds is 6. The summed E-state index contributed by atoms with van der Waals surface area (Å²) >= 11 is 0. The Morgan fingerprint density at radius 1 is 1.46 bits per heavy atom. The summed E-state index contributed by atoms with van der Waals surface area (Å²) in [4.78, 5) is 15.5. The monoisotopic (exact) mass is 330 g/mol. The Bertz CT molecular complexity index is 784. The van der Waals surface area contributed by atoms with Gasteiger partial charge in [0.1, 0.15) is 18.1 Å². The Labute approximate surface area is 138 Å². The van der Waals surface area contributed by atoms with Crippen LogP contribution in [0, 0.1) is 0 Å². The van der Waals surface area contributed by atoms with Crippen molar-refractivity contribution in [3.05, 3.63) is 41.9 Å². The van der Waals surface area contributed by atoms with Crippen molar-refractivity contribution in [2.75, 3.05) is 19.0 Å². The van der Waals surface area contributed by atoms with Gasteiger partial charge in [-0.25, -0.2) is 9.48 Å². The highest BCUT2D eigenvalue weighted by Crippen LogP contribution is 2.39. The molecule has 2 heterocycles. The standard InChI is InChI=1S/C16H18N4O4/c1-3-7-24-14-10(5-4-6-13(14)23-2)12-8-11(15(21)22)19-16-17-9-18-20(12)16/h4-6,8-9,12H,3,7H2,1-2H3,(H,21,22)(H,17,18,19)/t12-/m0/s1. The first kappa shape index (κ1) is 15.9. The highest BCUT2D eigenvalue weighted by atomic mass is 16.5. The molecule has 0 fully saturated rings. The molecule has 1 aromatic heterocycles. The van der Waals surface area contributed by atoms with Crippen molar-refractivity contribution in [2.45, 2.75) is 19.4 Å². The molecule has 1 atom stereocenters. The van der Waals surface area contributed by atoms with Crippen molar-refractivity contribution in [3.8, 4) is 11.5 Å². The lowest BCUT2D eigenvalue weighted by molar-refractivity contribution is -0.132. The van der Waals surface area contributed by atoms with Crippen LogP contribution in [0.5, 0.6) is 11.5 Å². The van der Waals surface area contributed by atoms with Crippen LogP contribution >= 0.6 is 0 Å². The molecule has 0 saturated heterocycles. The number of hydrogen-bond acceptors (Lipinski definition) is 6. The van der Waals surface area contributed by atoms with Crippen LogP contribution in [0.1, 0.15) is 24.9 Å². The zero-order valence-electron chi connectivity index (χ0n) is 13.4. The molecule has 3 rings (SSSR count). The van der Waals surface area contributed by atoms with Gasteiger partial charge in [0.15, 0.2) is 11.5 Å². The molecule has 1 aromatic carbocycles. The molecule has 0 radical (unpaired) electrons. The van der Waals surface area contributed by atoms with Crippen LogP contribution in [-0.2, 0) is 4.79 Å². The number of anilines is 1. The largest absolute Gasteiger partial charge is 0.493 e. The van der Waals surface area contributed by atoms with Gasteiger partial charge in [-0.15, -0.1) is 0 Å². The molecule has 0 spiro atoms. The average molecular weight is 330 g/mol. The lowest BCUT2D eigenvalue weighted by Crippen LogP contribution is -2.24. The van der Waals surface area contributed by atoms with E-state index in [2.05, 4.69) is 15.4 Å². The summed E-state index contributed by atoms with van der Waals surface area (Å²) in [7, 11) is 1.57. The summed E-state index contributed by atoms with van der Waals surface area (Å²) in [5, 5.41) is 16.3. The Balaban J connectivity index is 2.12. The second kappa shape index (κ2) is 6.61. The van der Waals surface area contributed by atoms with Crippen molar-refractivity contribution in [1.82, 2.24) is 14.8 Å². The minimum atomic E-state index is -1.06. The van der Waals surface area contributed by atoms with Gasteiger partial charge in [0.25, 0.3) is 0 Å². The van der Waals surface area contributed by atoms with Gasteiger partial charge in [0, 0.05) is 5.56 Å². The Hall–Kier alpha value is -3.03. The number of aliphatic carboxylic acids is 1. The van der Waals surface area contributed by atoms with Crippen LogP contribution < -0.4 is 14.8 Å². The van der Waals surface area contributed by atoms with Gasteiger partial charge >= 0.3 is 5.97 Å². The fraction of sp³-hybridized carbons (Fsp3) is 0.312. The maximum absolute atomic E-state index is 11.4. The SMILES string of the molecule is CCCOc1c(OC)cccc1[C@@H]1C=C(C(=O)O)Nc2ncnn21. The lowest BCUT2D eigenvalue weighted by atomic mass is 10.0. The molecule has 0 aliphatic carbocycles. The quantitative estimate of drug-likeness (QED) is 0.836. The molecule has 8 nitrogen and oxygen atoms in total. The predicted octanol–water partition coefficient (Wildman–Crippen LogP) is 2.06. The number of para-hydroxylation sites is 1. The zero-order chi connectivity index (χ0) is 17.1. The number of aromatic nitrogens is 3. The molecule has 8 heteroatoms. The number of carbonyl (C=O) groups is 1. The molecule has 1 aliphatic heterocycles. The van der Waals surface area contributed by atoms with Crippen LogP contribution in [0.4, 0.5) is 5.95 Å². The van der Waals surface area contributed by atoms with Crippen molar-refractivity contribution in [2.24, 2.45) is 0 Å². The van der Waals surface area contributed by atoms with Crippen molar-refractivity contribution < 1.29 is 19.4 Å². The molecule has 2 aromatic rings. The van der Waals surface area contributed by atoms with Gasteiger partial charge in [-0.1, -0.05) is 19.1 Å². The van der Waals surface area contributed by atoms with E-state index in [0.717, 1.165) is 12.0 Å². The van der Waals surface area contributed by atoms with E-state index < -0.39 is 12.0 Å². The van der Waals surface area contributed by atoms with Crippen molar-refractivity contribution >= 4 is 11.9 Å². The average Bonchev–Trinajstić information content (AvgIpc) is 3.07. The van der Waals surface area contributed by atoms with Crippen LogP contribution in [0.3, 0.4) is 0 Å². The van der Waals surface area contributed by atoms with Gasteiger partial charge in [-0.2, -0.15) is 10.1 Å². The molecule has 0 amide bonds. The Morgan fingerprint density at radius 2 is 2.29 bits per heavy atom. The topological polar surface area (TPSA) is 98.5 Å². The molecule has 24 heavy (non-hydrogen) atoms. The third kappa shape index (κ3) is 2.78. The number of carboxylic acid groups (broad SMARTS) is 1. The van der Waals surface area contributed by atoms with Crippen molar-refractivity contribution in [3.63, 3.8) is 0 Å². The fourth-order valence-corrected chi connectivity index (χ4v) is 2.57. The van der Waals surface area contributed by atoms with Gasteiger partial charge in [0.2, 0.25) is 5.95 Å². The van der Waals surface area contributed by atoms with E-state index in [4.69, 9.17) is 9.47 Å². The van der Waals surface area contributed by atoms with Crippen LogP contribution in [-0.4, -0.2) is 39.6 Å². The minimum Gasteiger partial charge on any atom is -0.493 e. The Morgan fingerprint density at radius 3 is 3.00 bits per heavy atom. The summed E-state index contributed by atoms with van der Waals surface area (Å²) < 4.78 is 12.9. The van der Waals surface area contributed by atoms with Gasteiger partial charge in [-0.3, -0.25) is 0 Å². The summed E-state index contributed by atoms with van der Waals surface area (Å²) in [6.07, 6.45) is 3.80. The molecular formula is C16H18N4O4. The first-order valence-corrected chi connectivity index (χ1v) is 7.57.